The molecule has 0 fully saturated rings. The standard InChI is InChI=1S/C8H20NO3P/c1-9(11)6-3-4-8(10)5-7-13-12-2/h8,10-11,13H,3-7H2,1-2H3. The molecule has 0 amide bonds. The van der Waals surface area contributed by atoms with Crippen LogP contribution in [0.2, 0.25) is 0 Å². The fourth-order valence-corrected chi connectivity index (χ4v) is 1.68. The molecule has 0 aromatic rings. The minimum Gasteiger partial charge on any atom is -0.393 e. The summed E-state index contributed by atoms with van der Waals surface area (Å²) in [5, 5.41) is 19.4. The largest absolute Gasteiger partial charge is 0.393 e. The van der Waals surface area contributed by atoms with Gasteiger partial charge in [-0.1, -0.05) is 0 Å². The SMILES string of the molecule is COPCCC(O)CCCN(C)O. The predicted octanol–water partition coefficient (Wildman–Crippen LogP) is 1.08. The molecule has 0 rings (SSSR count). The molecule has 0 aromatic carbocycles. The molecule has 2 N–H and O–H groups in total. The number of nitrogens with zero attached hydrogens (tertiary/aromatic N) is 1. The molecule has 0 saturated heterocycles. The molecule has 13 heavy (non-hydrogen) atoms. The van der Waals surface area contributed by atoms with Crippen LogP contribution in [-0.2, 0) is 4.52 Å². The van der Waals surface area contributed by atoms with Crippen LogP contribution in [0.25, 0.3) is 0 Å². The Morgan fingerprint density at radius 2 is 2.15 bits per heavy atom. The summed E-state index contributed by atoms with van der Waals surface area (Å²) < 4.78 is 4.90. The van der Waals surface area contributed by atoms with Gasteiger partial charge in [-0.3, -0.25) is 0 Å². The van der Waals surface area contributed by atoms with Gasteiger partial charge in [-0.15, -0.1) is 0 Å². The first-order chi connectivity index (χ1) is 6.16. The second-order valence-electron chi connectivity index (χ2n) is 3.06. The first-order valence-electron chi connectivity index (χ1n) is 4.50. The topological polar surface area (TPSA) is 52.9 Å². The zero-order valence-corrected chi connectivity index (χ0v) is 9.36. The lowest BCUT2D eigenvalue weighted by Crippen LogP contribution is -2.16. The molecule has 0 aliphatic rings. The van der Waals surface area contributed by atoms with Crippen LogP contribution in [0.5, 0.6) is 0 Å². The number of aliphatic hydroxyl groups excluding tert-OH is 1. The molecular weight excluding hydrogens is 189 g/mol. The summed E-state index contributed by atoms with van der Waals surface area (Å²) in [4.78, 5) is 0. The van der Waals surface area contributed by atoms with Crippen molar-refractivity contribution in [2.75, 3.05) is 26.9 Å². The zero-order chi connectivity index (χ0) is 10.1. The van der Waals surface area contributed by atoms with Crippen molar-refractivity contribution in [1.29, 1.82) is 0 Å². The smallest absolute Gasteiger partial charge is 0.0544 e. The minimum atomic E-state index is -0.248. The van der Waals surface area contributed by atoms with Gasteiger partial charge >= 0.3 is 0 Å². The van der Waals surface area contributed by atoms with Gasteiger partial charge in [-0.2, -0.15) is 5.06 Å². The summed E-state index contributed by atoms with van der Waals surface area (Å²) in [6, 6.07) is 0. The highest BCUT2D eigenvalue weighted by molar-refractivity contribution is 7.32. The van der Waals surface area contributed by atoms with Gasteiger partial charge in [0.2, 0.25) is 0 Å². The molecule has 0 aliphatic heterocycles. The molecule has 0 saturated carbocycles. The van der Waals surface area contributed by atoms with Crippen molar-refractivity contribution in [1.82, 2.24) is 5.06 Å². The molecule has 2 atom stereocenters. The Bertz CT molecular complexity index is 114. The van der Waals surface area contributed by atoms with Crippen LogP contribution in [0.3, 0.4) is 0 Å². The Morgan fingerprint density at radius 1 is 1.46 bits per heavy atom. The van der Waals surface area contributed by atoms with E-state index in [1.807, 2.05) is 0 Å². The third kappa shape index (κ3) is 10.2. The number of hydrogen-bond acceptors (Lipinski definition) is 4. The van der Waals surface area contributed by atoms with E-state index in [-0.39, 0.29) is 6.10 Å². The van der Waals surface area contributed by atoms with E-state index >= 15 is 0 Å². The van der Waals surface area contributed by atoms with Crippen molar-refractivity contribution in [2.24, 2.45) is 0 Å². The van der Waals surface area contributed by atoms with Crippen LogP contribution in [0.1, 0.15) is 19.3 Å². The van der Waals surface area contributed by atoms with Gasteiger partial charge in [-0.25, -0.2) is 0 Å². The Morgan fingerprint density at radius 3 is 2.69 bits per heavy atom. The van der Waals surface area contributed by atoms with Crippen LogP contribution in [0.15, 0.2) is 0 Å². The van der Waals surface area contributed by atoms with Gasteiger partial charge in [0.25, 0.3) is 0 Å². The van der Waals surface area contributed by atoms with Crippen LogP contribution in [0.4, 0.5) is 0 Å². The number of hydrogen-bond donors (Lipinski definition) is 2. The molecule has 4 nitrogen and oxygen atoms in total. The van der Waals surface area contributed by atoms with Crippen molar-refractivity contribution in [3.8, 4) is 0 Å². The summed E-state index contributed by atoms with van der Waals surface area (Å²) in [7, 11) is 3.77. The second kappa shape index (κ2) is 8.85. The molecule has 0 radical (unpaired) electrons. The van der Waals surface area contributed by atoms with Crippen LogP contribution in [0, 0.1) is 0 Å². The van der Waals surface area contributed by atoms with E-state index in [9.17, 15) is 5.11 Å². The lowest BCUT2D eigenvalue weighted by molar-refractivity contribution is -0.0670. The van der Waals surface area contributed by atoms with Gasteiger partial charge in [0.1, 0.15) is 0 Å². The van der Waals surface area contributed by atoms with E-state index in [1.54, 1.807) is 14.2 Å². The number of rotatable bonds is 8. The molecule has 80 valence electrons. The summed E-state index contributed by atoms with van der Waals surface area (Å²) in [5.74, 6) is 0. The molecule has 2 unspecified atom stereocenters. The Labute approximate surface area is 81.7 Å². The maximum atomic E-state index is 9.44. The quantitative estimate of drug-likeness (QED) is 0.357. The van der Waals surface area contributed by atoms with E-state index < -0.39 is 0 Å². The highest BCUT2D eigenvalue weighted by Gasteiger charge is 2.03. The maximum Gasteiger partial charge on any atom is 0.0544 e. The third-order valence-electron chi connectivity index (χ3n) is 1.74. The summed E-state index contributed by atoms with van der Waals surface area (Å²) >= 11 is 0. The molecule has 0 heterocycles. The second-order valence-corrected chi connectivity index (χ2v) is 4.26. The lowest BCUT2D eigenvalue weighted by Gasteiger charge is -2.11. The minimum absolute atomic E-state index is 0.248. The van der Waals surface area contributed by atoms with Crippen LogP contribution < -0.4 is 0 Å². The van der Waals surface area contributed by atoms with E-state index in [1.165, 1.54) is 0 Å². The molecule has 0 bridgehead atoms. The van der Waals surface area contributed by atoms with Gasteiger partial charge in [0, 0.05) is 29.5 Å². The zero-order valence-electron chi connectivity index (χ0n) is 8.36. The number of hydroxylamine groups is 2. The number of aliphatic hydroxyl groups is 1. The van der Waals surface area contributed by atoms with E-state index in [4.69, 9.17) is 9.73 Å². The third-order valence-corrected chi connectivity index (χ3v) is 2.52. The maximum absolute atomic E-state index is 9.44. The monoisotopic (exact) mass is 209 g/mol. The summed E-state index contributed by atoms with van der Waals surface area (Å²) in [6.07, 6.45) is 3.04. The van der Waals surface area contributed by atoms with Crippen molar-refractivity contribution < 1.29 is 14.8 Å². The first-order valence-corrected chi connectivity index (χ1v) is 5.62. The average molecular weight is 209 g/mol. The lowest BCUT2D eigenvalue weighted by atomic mass is 10.1. The summed E-state index contributed by atoms with van der Waals surface area (Å²) in [5.41, 5.74) is 0. The Kier molecular flexibility index (Phi) is 9.03. The predicted molar refractivity (Wildman–Crippen MR) is 54.5 cm³/mol. The van der Waals surface area contributed by atoms with Gasteiger partial charge in [0.15, 0.2) is 0 Å². The van der Waals surface area contributed by atoms with Crippen LogP contribution in [-0.4, -0.2) is 48.3 Å². The van der Waals surface area contributed by atoms with Crippen molar-refractivity contribution >= 4 is 8.81 Å². The fourth-order valence-electron chi connectivity index (χ4n) is 1.03. The first kappa shape index (κ1) is 13.3. The Hall–Kier alpha value is 0.270. The Balaban J connectivity index is 3.15. The van der Waals surface area contributed by atoms with Crippen LogP contribution >= 0.6 is 8.81 Å². The molecule has 0 spiro atoms. The molecular formula is C8H20NO3P. The van der Waals surface area contributed by atoms with E-state index in [0.717, 1.165) is 30.5 Å². The normalized spacial score (nSPS) is 14.5. The fraction of sp³-hybridized carbons (Fsp3) is 1.00. The molecule has 0 aromatic heterocycles. The van der Waals surface area contributed by atoms with Crippen molar-refractivity contribution in [3.05, 3.63) is 0 Å². The molecule has 5 heteroatoms. The van der Waals surface area contributed by atoms with E-state index in [2.05, 4.69) is 0 Å². The average Bonchev–Trinajstić information content (AvgIpc) is 2.04. The highest BCUT2D eigenvalue weighted by atomic mass is 31.1. The van der Waals surface area contributed by atoms with Crippen molar-refractivity contribution in [3.63, 3.8) is 0 Å². The summed E-state index contributed by atoms with van der Waals surface area (Å²) in [6.45, 7) is 0.615. The van der Waals surface area contributed by atoms with E-state index in [0.29, 0.717) is 15.4 Å². The highest BCUT2D eigenvalue weighted by Crippen LogP contribution is 2.13. The van der Waals surface area contributed by atoms with Crippen molar-refractivity contribution in [2.45, 2.75) is 25.4 Å². The van der Waals surface area contributed by atoms with Gasteiger partial charge in [0.05, 0.1) is 6.10 Å². The van der Waals surface area contributed by atoms with Gasteiger partial charge < -0.3 is 14.8 Å². The molecule has 0 aliphatic carbocycles. The van der Waals surface area contributed by atoms with Gasteiger partial charge in [-0.05, 0) is 25.4 Å².